The molecule has 0 radical (unpaired) electrons. The van der Waals surface area contributed by atoms with Gasteiger partial charge in [0.25, 0.3) is 0 Å². The van der Waals surface area contributed by atoms with Gasteiger partial charge in [-0.3, -0.25) is 0 Å². The molecule has 1 aromatic heterocycles. The molecule has 1 saturated carbocycles. The van der Waals surface area contributed by atoms with E-state index in [1.54, 1.807) is 5.56 Å². The Morgan fingerprint density at radius 3 is 1.84 bits per heavy atom. The highest BCUT2D eigenvalue weighted by atomic mass is 16.3. The van der Waals surface area contributed by atoms with Crippen LogP contribution in [-0.4, -0.2) is 5.54 Å². The van der Waals surface area contributed by atoms with Crippen LogP contribution in [0.25, 0.3) is 11.0 Å². The molecular formula is C48H60N2O. The van der Waals surface area contributed by atoms with Gasteiger partial charge in [0.1, 0.15) is 11.8 Å². The van der Waals surface area contributed by atoms with Crippen LogP contribution in [0.1, 0.15) is 136 Å². The number of furan rings is 1. The molecule has 3 nitrogen and oxygen atoms in total. The Bertz CT molecular complexity index is 2070. The molecule has 0 unspecified atom stereocenters. The first kappa shape index (κ1) is 35.4. The lowest BCUT2D eigenvalue weighted by Gasteiger charge is -2.49. The lowest BCUT2D eigenvalue weighted by Crippen LogP contribution is -2.53. The number of anilines is 5. The molecule has 2 aliphatic rings. The summed E-state index contributed by atoms with van der Waals surface area (Å²) in [6.07, 6.45) is 8.34. The van der Waals surface area contributed by atoms with Crippen LogP contribution in [-0.2, 0) is 21.7 Å². The second kappa shape index (κ2) is 12.0. The zero-order valence-corrected chi connectivity index (χ0v) is 33.4. The van der Waals surface area contributed by atoms with Crippen LogP contribution in [0.2, 0.25) is 0 Å². The lowest BCUT2D eigenvalue weighted by molar-refractivity contribution is 0.199. The van der Waals surface area contributed by atoms with E-state index in [4.69, 9.17) is 4.42 Å². The fourth-order valence-electron chi connectivity index (χ4n) is 9.12. The van der Waals surface area contributed by atoms with E-state index in [9.17, 15) is 0 Å². The van der Waals surface area contributed by atoms with E-state index in [1.165, 1.54) is 65.7 Å². The van der Waals surface area contributed by atoms with Gasteiger partial charge in [0.05, 0.1) is 5.69 Å². The van der Waals surface area contributed by atoms with Crippen molar-refractivity contribution >= 4 is 39.4 Å². The quantitative estimate of drug-likeness (QED) is 0.188. The van der Waals surface area contributed by atoms with Crippen molar-refractivity contribution in [2.24, 2.45) is 0 Å². The molecule has 2 heterocycles. The summed E-state index contributed by atoms with van der Waals surface area (Å²) in [6, 6.07) is 30.4. The van der Waals surface area contributed by atoms with Crippen molar-refractivity contribution in [2.75, 3.05) is 9.80 Å². The minimum atomic E-state index is -0.0968. The van der Waals surface area contributed by atoms with E-state index in [-0.39, 0.29) is 27.2 Å². The van der Waals surface area contributed by atoms with Crippen LogP contribution in [0, 0.1) is 6.92 Å². The topological polar surface area (TPSA) is 19.6 Å². The molecule has 0 atom stereocenters. The second-order valence-electron chi connectivity index (χ2n) is 19.3. The molecule has 1 aliphatic heterocycles. The zero-order valence-electron chi connectivity index (χ0n) is 33.4. The highest BCUT2D eigenvalue weighted by Gasteiger charge is 2.57. The van der Waals surface area contributed by atoms with Crippen molar-refractivity contribution in [1.82, 2.24) is 0 Å². The molecule has 0 amide bonds. The highest BCUT2D eigenvalue weighted by Crippen LogP contribution is 2.61. The van der Waals surface area contributed by atoms with Crippen molar-refractivity contribution < 1.29 is 4.42 Å². The molecule has 0 bridgehead atoms. The average Bonchev–Trinajstić information content (AvgIpc) is 3.54. The third-order valence-electron chi connectivity index (χ3n) is 12.3. The fraction of sp³-hybridized carbons (Fsp3) is 0.458. The van der Waals surface area contributed by atoms with Crippen LogP contribution in [0.4, 0.5) is 28.4 Å². The van der Waals surface area contributed by atoms with Gasteiger partial charge in [-0.1, -0.05) is 112 Å². The molecule has 1 spiro atoms. The summed E-state index contributed by atoms with van der Waals surface area (Å²) >= 11 is 0. The first-order chi connectivity index (χ1) is 23.8. The third kappa shape index (κ3) is 5.99. The Morgan fingerprint density at radius 1 is 0.627 bits per heavy atom. The summed E-state index contributed by atoms with van der Waals surface area (Å²) in [4.78, 5) is 5.12. The van der Waals surface area contributed by atoms with Gasteiger partial charge >= 0.3 is 0 Å². The Hall–Kier alpha value is -3.98. The maximum absolute atomic E-state index is 6.32. The number of rotatable bonds is 4. The van der Waals surface area contributed by atoms with E-state index >= 15 is 0 Å². The van der Waals surface area contributed by atoms with Gasteiger partial charge < -0.3 is 14.2 Å². The van der Waals surface area contributed by atoms with Gasteiger partial charge in [0.2, 0.25) is 0 Å². The largest absolute Gasteiger partial charge is 0.462 e. The van der Waals surface area contributed by atoms with E-state index in [0.29, 0.717) is 0 Å². The average molecular weight is 681 g/mol. The number of hydrogen-bond acceptors (Lipinski definition) is 3. The van der Waals surface area contributed by atoms with E-state index in [1.807, 2.05) is 6.26 Å². The van der Waals surface area contributed by atoms with Gasteiger partial charge in [-0.05, 0) is 126 Å². The Kier molecular flexibility index (Phi) is 8.36. The zero-order chi connectivity index (χ0) is 36.7. The van der Waals surface area contributed by atoms with Crippen molar-refractivity contribution in [3.05, 3.63) is 113 Å². The molecule has 0 N–H and O–H groups in total. The molecule has 7 rings (SSSR count). The van der Waals surface area contributed by atoms with E-state index in [0.717, 1.165) is 28.0 Å². The number of nitrogens with zero attached hydrogens (tertiary/aromatic N) is 2. The molecule has 5 aromatic rings. The lowest BCUT2D eigenvalue weighted by atomic mass is 9.60. The van der Waals surface area contributed by atoms with E-state index in [2.05, 4.69) is 172 Å². The van der Waals surface area contributed by atoms with Gasteiger partial charge in [-0.15, -0.1) is 0 Å². The fourth-order valence-corrected chi connectivity index (χ4v) is 9.12. The molecular weight excluding hydrogens is 621 g/mol. The highest BCUT2D eigenvalue weighted by molar-refractivity contribution is 5.97. The first-order valence-corrected chi connectivity index (χ1v) is 19.3. The minimum absolute atomic E-state index is 0.0229. The molecule has 51 heavy (non-hydrogen) atoms. The summed E-state index contributed by atoms with van der Waals surface area (Å²) in [6.45, 7) is 28.0. The van der Waals surface area contributed by atoms with Gasteiger partial charge in [0.15, 0.2) is 0 Å². The van der Waals surface area contributed by atoms with Crippen molar-refractivity contribution in [3.63, 3.8) is 0 Å². The Labute approximate surface area is 308 Å². The number of hydrogen-bond donors (Lipinski definition) is 0. The number of aryl methyl sites for hydroxylation is 1. The summed E-state index contributed by atoms with van der Waals surface area (Å²) < 4.78 is 6.32. The van der Waals surface area contributed by atoms with Gasteiger partial charge in [-0.25, -0.2) is 0 Å². The molecule has 268 valence electrons. The van der Waals surface area contributed by atoms with Crippen LogP contribution < -0.4 is 9.80 Å². The summed E-state index contributed by atoms with van der Waals surface area (Å²) in [7, 11) is 0. The summed E-state index contributed by atoms with van der Waals surface area (Å²) in [5, 5.41) is 1.13. The monoisotopic (exact) mass is 680 g/mol. The normalized spacial score (nSPS) is 17.3. The molecule has 0 saturated heterocycles. The predicted octanol–water partition coefficient (Wildman–Crippen LogP) is 14.2. The molecule has 3 heteroatoms. The van der Waals surface area contributed by atoms with Crippen molar-refractivity contribution in [1.29, 1.82) is 0 Å². The number of benzene rings is 4. The molecule has 1 fully saturated rings. The maximum Gasteiger partial charge on any atom is 0.136 e. The standard InChI is InChI=1S/C48H60N2O/c1-32-26-37(30-38(27-32)50-41-22-18-35(46(8,9)10)29-40(41)48(47(50,11)12)24-14-13-15-25-48)49(36-20-16-33(17-21-36)44(2,3)4)42-31-51-43-23-19-34(28-39(42)43)45(5,6)7/h16-23,26-31H,13-15,24-25H2,1-12H3. The SMILES string of the molecule is Cc1cc(N(c2ccc(C(C)(C)C)cc2)c2coc3ccc(C(C)(C)C)cc23)cc(N2c3ccc(C(C)(C)C)cc3C3(CCCCC3)C2(C)C)c1. The van der Waals surface area contributed by atoms with Crippen LogP contribution in [0.15, 0.2) is 89.5 Å². The number of fused-ring (bicyclic) bond motifs is 3. The van der Waals surface area contributed by atoms with Gasteiger partial charge in [-0.2, -0.15) is 0 Å². The molecule has 4 aromatic carbocycles. The smallest absolute Gasteiger partial charge is 0.136 e. The third-order valence-corrected chi connectivity index (χ3v) is 12.3. The van der Waals surface area contributed by atoms with E-state index < -0.39 is 0 Å². The molecule has 1 aliphatic carbocycles. The summed E-state index contributed by atoms with van der Waals surface area (Å²) in [5.41, 5.74) is 13.9. The Morgan fingerprint density at radius 2 is 1.22 bits per heavy atom. The first-order valence-electron chi connectivity index (χ1n) is 19.3. The van der Waals surface area contributed by atoms with Crippen LogP contribution in [0.3, 0.4) is 0 Å². The summed E-state index contributed by atoms with van der Waals surface area (Å²) in [5.74, 6) is 0. The van der Waals surface area contributed by atoms with Crippen molar-refractivity contribution in [3.8, 4) is 0 Å². The Balaban J connectivity index is 1.44. The van der Waals surface area contributed by atoms with Gasteiger partial charge in [0, 0.05) is 39.1 Å². The second-order valence-corrected chi connectivity index (χ2v) is 19.3. The predicted molar refractivity (Wildman–Crippen MR) is 219 cm³/mol. The van der Waals surface area contributed by atoms with Crippen molar-refractivity contribution in [2.45, 2.75) is 142 Å². The van der Waals surface area contributed by atoms with Crippen LogP contribution >= 0.6 is 0 Å². The maximum atomic E-state index is 6.32. The van der Waals surface area contributed by atoms with Crippen LogP contribution in [0.5, 0.6) is 0 Å². The minimum Gasteiger partial charge on any atom is -0.462 e.